The van der Waals surface area contributed by atoms with E-state index in [1.54, 1.807) is 30.5 Å². The summed E-state index contributed by atoms with van der Waals surface area (Å²) in [6.45, 7) is 0. The average molecular weight is 406 g/mol. The number of nitrogens with one attached hydrogen (secondary N) is 1. The number of benzene rings is 1. The smallest absolute Gasteiger partial charge is 0.248 e. The summed E-state index contributed by atoms with van der Waals surface area (Å²) in [6, 6.07) is 10.4. The third kappa shape index (κ3) is 3.57. The first-order valence-corrected chi connectivity index (χ1v) is 9.36. The van der Waals surface area contributed by atoms with Crippen LogP contribution in [0.2, 0.25) is 0 Å². The topological polar surface area (TPSA) is 137 Å². The molecule has 2 amide bonds. The highest BCUT2D eigenvalue weighted by molar-refractivity contribution is 5.94. The standard InChI is InChI=1S/C21H19FN6O2/c22-15-3-2-12(19(23)29)10-14(15)16-4-5-18(28-27-16)26-21(7-1-8-21)17-11-13(20(24)30)6-9-25-17/h2-6,9-11H,1,7-8H2,(H2,23,29)(H2,24,30)(H,26,28). The van der Waals surface area contributed by atoms with Crippen molar-refractivity contribution in [3.63, 3.8) is 0 Å². The molecular weight excluding hydrogens is 387 g/mol. The van der Waals surface area contributed by atoms with Crippen LogP contribution < -0.4 is 16.8 Å². The molecule has 152 valence electrons. The average Bonchev–Trinajstić information content (AvgIpc) is 2.71. The summed E-state index contributed by atoms with van der Waals surface area (Å²) in [4.78, 5) is 27.3. The van der Waals surface area contributed by atoms with E-state index in [0.717, 1.165) is 19.3 Å². The van der Waals surface area contributed by atoms with Gasteiger partial charge in [-0.05, 0) is 61.7 Å². The van der Waals surface area contributed by atoms with Crippen molar-refractivity contribution in [2.45, 2.75) is 24.8 Å². The number of carbonyl (C=O) groups excluding carboxylic acids is 2. The van der Waals surface area contributed by atoms with Gasteiger partial charge in [0.15, 0.2) is 0 Å². The normalized spacial score (nSPS) is 14.6. The third-order valence-electron chi connectivity index (χ3n) is 5.30. The van der Waals surface area contributed by atoms with E-state index >= 15 is 0 Å². The number of nitrogens with zero attached hydrogens (tertiary/aromatic N) is 3. The molecule has 0 aliphatic heterocycles. The molecule has 8 nitrogen and oxygen atoms in total. The Bertz CT molecular complexity index is 1130. The monoisotopic (exact) mass is 406 g/mol. The minimum Gasteiger partial charge on any atom is -0.366 e. The summed E-state index contributed by atoms with van der Waals surface area (Å²) >= 11 is 0. The molecule has 30 heavy (non-hydrogen) atoms. The Hall–Kier alpha value is -3.88. The lowest BCUT2D eigenvalue weighted by atomic mass is 9.73. The van der Waals surface area contributed by atoms with Crippen LogP contribution in [-0.4, -0.2) is 27.0 Å². The van der Waals surface area contributed by atoms with Gasteiger partial charge in [-0.15, -0.1) is 10.2 Å². The molecule has 2 aromatic heterocycles. The summed E-state index contributed by atoms with van der Waals surface area (Å²) in [7, 11) is 0. The molecule has 1 aliphatic rings. The molecule has 0 atom stereocenters. The van der Waals surface area contributed by atoms with Gasteiger partial charge in [0.1, 0.15) is 11.6 Å². The molecule has 0 saturated heterocycles. The lowest BCUT2D eigenvalue weighted by Crippen LogP contribution is -2.43. The summed E-state index contributed by atoms with van der Waals surface area (Å²) in [5, 5.41) is 11.6. The molecule has 1 saturated carbocycles. The fraction of sp³-hybridized carbons (Fsp3) is 0.190. The van der Waals surface area contributed by atoms with Crippen LogP contribution in [0.15, 0.2) is 48.7 Å². The SMILES string of the molecule is NC(=O)c1ccnc(C2(Nc3ccc(-c4cc(C(N)=O)ccc4F)nn3)CCC2)c1. The molecule has 1 aromatic carbocycles. The van der Waals surface area contributed by atoms with E-state index in [1.807, 2.05) is 0 Å². The number of pyridine rings is 1. The largest absolute Gasteiger partial charge is 0.366 e. The molecule has 0 radical (unpaired) electrons. The highest BCUT2D eigenvalue weighted by Gasteiger charge is 2.40. The van der Waals surface area contributed by atoms with Gasteiger partial charge in [-0.3, -0.25) is 14.6 Å². The van der Waals surface area contributed by atoms with Crippen molar-refractivity contribution >= 4 is 17.6 Å². The third-order valence-corrected chi connectivity index (χ3v) is 5.30. The molecule has 0 bridgehead atoms. The second kappa shape index (κ2) is 7.51. The second-order valence-corrected chi connectivity index (χ2v) is 7.22. The van der Waals surface area contributed by atoms with Gasteiger partial charge < -0.3 is 16.8 Å². The van der Waals surface area contributed by atoms with Gasteiger partial charge in [-0.1, -0.05) is 0 Å². The minimum absolute atomic E-state index is 0.138. The summed E-state index contributed by atoms with van der Waals surface area (Å²) in [5.74, 6) is -1.22. The molecule has 4 rings (SSSR count). The van der Waals surface area contributed by atoms with Crippen LogP contribution in [0.3, 0.4) is 0 Å². The fourth-order valence-corrected chi connectivity index (χ4v) is 3.48. The molecule has 0 unspecified atom stereocenters. The molecule has 9 heteroatoms. The fourth-order valence-electron chi connectivity index (χ4n) is 3.48. The zero-order valence-electron chi connectivity index (χ0n) is 15.9. The van der Waals surface area contributed by atoms with Gasteiger partial charge in [0.25, 0.3) is 0 Å². The van der Waals surface area contributed by atoms with Gasteiger partial charge in [-0.2, -0.15) is 0 Å². The van der Waals surface area contributed by atoms with Crippen molar-refractivity contribution in [1.29, 1.82) is 0 Å². The van der Waals surface area contributed by atoms with Crippen molar-refractivity contribution in [2.24, 2.45) is 11.5 Å². The van der Waals surface area contributed by atoms with Crippen molar-refractivity contribution in [3.8, 4) is 11.3 Å². The zero-order valence-corrected chi connectivity index (χ0v) is 15.9. The maximum absolute atomic E-state index is 14.2. The maximum Gasteiger partial charge on any atom is 0.248 e. The Morgan fingerprint density at radius 1 is 0.967 bits per heavy atom. The van der Waals surface area contributed by atoms with E-state index in [0.29, 0.717) is 17.1 Å². The predicted molar refractivity (Wildman–Crippen MR) is 108 cm³/mol. The van der Waals surface area contributed by atoms with Crippen molar-refractivity contribution < 1.29 is 14.0 Å². The van der Waals surface area contributed by atoms with Crippen LogP contribution in [0.4, 0.5) is 10.2 Å². The van der Waals surface area contributed by atoms with E-state index in [9.17, 15) is 14.0 Å². The summed E-state index contributed by atoms with van der Waals surface area (Å²) < 4.78 is 14.2. The number of halogens is 1. The number of hydrogen-bond donors (Lipinski definition) is 3. The van der Waals surface area contributed by atoms with Crippen molar-refractivity contribution in [2.75, 3.05) is 5.32 Å². The Labute approximate surface area is 171 Å². The van der Waals surface area contributed by atoms with Crippen LogP contribution >= 0.6 is 0 Å². The molecule has 3 aromatic rings. The Morgan fingerprint density at radius 2 is 1.70 bits per heavy atom. The van der Waals surface area contributed by atoms with Gasteiger partial charge in [0, 0.05) is 22.9 Å². The van der Waals surface area contributed by atoms with Gasteiger partial charge in [-0.25, -0.2) is 4.39 Å². The molecule has 2 heterocycles. The van der Waals surface area contributed by atoms with E-state index < -0.39 is 23.2 Å². The van der Waals surface area contributed by atoms with Crippen LogP contribution in [0.5, 0.6) is 0 Å². The number of aromatic nitrogens is 3. The Kier molecular flexibility index (Phi) is 4.86. The first kappa shape index (κ1) is 19.4. The molecule has 1 aliphatic carbocycles. The summed E-state index contributed by atoms with van der Waals surface area (Å²) in [6.07, 6.45) is 4.16. The number of primary amides is 2. The van der Waals surface area contributed by atoms with E-state index in [-0.39, 0.29) is 16.8 Å². The first-order valence-electron chi connectivity index (χ1n) is 9.36. The minimum atomic E-state index is -0.653. The molecule has 0 spiro atoms. The van der Waals surface area contributed by atoms with Gasteiger partial charge >= 0.3 is 0 Å². The van der Waals surface area contributed by atoms with Crippen LogP contribution in [0.1, 0.15) is 45.7 Å². The maximum atomic E-state index is 14.2. The Morgan fingerprint density at radius 3 is 2.30 bits per heavy atom. The van der Waals surface area contributed by atoms with E-state index in [1.165, 1.54) is 18.2 Å². The highest BCUT2D eigenvalue weighted by atomic mass is 19.1. The number of anilines is 1. The molecule has 5 N–H and O–H groups in total. The summed E-state index contributed by atoms with van der Waals surface area (Å²) in [5.41, 5.74) is 11.9. The molecular formula is C21H19FN6O2. The van der Waals surface area contributed by atoms with E-state index in [4.69, 9.17) is 11.5 Å². The first-order chi connectivity index (χ1) is 14.4. The number of hydrogen-bond acceptors (Lipinski definition) is 6. The van der Waals surface area contributed by atoms with Crippen LogP contribution in [-0.2, 0) is 5.54 Å². The zero-order chi connectivity index (χ0) is 21.3. The lowest BCUT2D eigenvalue weighted by molar-refractivity contribution is 0.0991. The quantitative estimate of drug-likeness (QED) is 0.575. The van der Waals surface area contributed by atoms with Crippen LogP contribution in [0.25, 0.3) is 11.3 Å². The molecule has 1 fully saturated rings. The predicted octanol–water partition coefficient (Wildman–Crippen LogP) is 2.37. The van der Waals surface area contributed by atoms with Gasteiger partial charge in [0.05, 0.1) is 16.9 Å². The van der Waals surface area contributed by atoms with Crippen molar-refractivity contribution in [3.05, 3.63) is 71.3 Å². The van der Waals surface area contributed by atoms with Crippen LogP contribution in [0, 0.1) is 5.82 Å². The van der Waals surface area contributed by atoms with Gasteiger partial charge in [0.2, 0.25) is 11.8 Å². The lowest BCUT2D eigenvalue weighted by Gasteiger charge is -2.42. The number of carbonyl (C=O) groups is 2. The second-order valence-electron chi connectivity index (χ2n) is 7.22. The number of rotatable bonds is 6. The number of amides is 2. The van der Waals surface area contributed by atoms with Crippen molar-refractivity contribution in [1.82, 2.24) is 15.2 Å². The highest BCUT2D eigenvalue weighted by Crippen LogP contribution is 2.43. The Balaban J connectivity index is 1.61. The van der Waals surface area contributed by atoms with E-state index in [2.05, 4.69) is 20.5 Å². The number of nitrogens with two attached hydrogens (primary N) is 2.